The number of aliphatic hydroxyl groups is 1. The molecule has 0 radical (unpaired) electrons. The highest BCUT2D eigenvalue weighted by Gasteiger charge is 2.35. The first kappa shape index (κ1) is 15.4. The zero-order valence-corrected chi connectivity index (χ0v) is 12.5. The van der Waals surface area contributed by atoms with Crippen molar-refractivity contribution in [2.24, 2.45) is 5.92 Å². The molecule has 3 heterocycles. The number of hydrogen-bond acceptors (Lipinski definition) is 5. The van der Waals surface area contributed by atoms with Crippen molar-refractivity contribution in [2.45, 2.75) is 19.0 Å². The van der Waals surface area contributed by atoms with E-state index in [1.165, 1.54) is 6.26 Å². The van der Waals surface area contributed by atoms with Crippen molar-refractivity contribution < 1.29 is 23.5 Å². The van der Waals surface area contributed by atoms with Crippen molar-refractivity contribution in [3.05, 3.63) is 48.3 Å². The standard InChI is InChI=1S/C16H18N2O5/c19-10-13(14-4-2-6-23-14)17-16(21)11-7-15(20)18(8-11)9-12-3-1-5-22-12/h1-6,11,13,19H,7-10H2,(H,17,21). The molecule has 7 nitrogen and oxygen atoms in total. The molecule has 2 amide bonds. The van der Waals surface area contributed by atoms with E-state index in [1.54, 1.807) is 35.4 Å². The zero-order valence-electron chi connectivity index (χ0n) is 12.5. The molecule has 0 aliphatic carbocycles. The lowest BCUT2D eigenvalue weighted by Crippen LogP contribution is -2.36. The maximum Gasteiger partial charge on any atom is 0.226 e. The summed E-state index contributed by atoms with van der Waals surface area (Å²) in [6, 6.07) is 6.32. The van der Waals surface area contributed by atoms with Crippen molar-refractivity contribution in [1.29, 1.82) is 0 Å². The largest absolute Gasteiger partial charge is 0.467 e. The fourth-order valence-corrected chi connectivity index (χ4v) is 2.68. The third-order valence-electron chi connectivity index (χ3n) is 3.90. The average molecular weight is 318 g/mol. The van der Waals surface area contributed by atoms with E-state index in [9.17, 15) is 14.7 Å². The number of aliphatic hydroxyl groups excluding tert-OH is 1. The first-order valence-electron chi connectivity index (χ1n) is 7.42. The summed E-state index contributed by atoms with van der Waals surface area (Å²) in [5.74, 6) is 0.373. The van der Waals surface area contributed by atoms with Gasteiger partial charge in [-0.15, -0.1) is 0 Å². The van der Waals surface area contributed by atoms with Gasteiger partial charge < -0.3 is 24.2 Å². The van der Waals surface area contributed by atoms with E-state index in [-0.39, 0.29) is 24.8 Å². The molecule has 2 unspecified atom stereocenters. The van der Waals surface area contributed by atoms with Crippen molar-refractivity contribution in [3.8, 4) is 0 Å². The molecule has 0 bridgehead atoms. The minimum Gasteiger partial charge on any atom is -0.467 e. The van der Waals surface area contributed by atoms with Gasteiger partial charge >= 0.3 is 0 Å². The Balaban J connectivity index is 1.59. The Morgan fingerprint density at radius 3 is 2.78 bits per heavy atom. The Labute approximate surface area is 132 Å². The van der Waals surface area contributed by atoms with Gasteiger partial charge in [-0.25, -0.2) is 0 Å². The van der Waals surface area contributed by atoms with E-state index in [4.69, 9.17) is 8.83 Å². The minimum absolute atomic E-state index is 0.0832. The van der Waals surface area contributed by atoms with Crippen LogP contribution in [0.5, 0.6) is 0 Å². The van der Waals surface area contributed by atoms with Crippen molar-refractivity contribution in [1.82, 2.24) is 10.2 Å². The van der Waals surface area contributed by atoms with Gasteiger partial charge in [0.1, 0.15) is 17.6 Å². The number of nitrogens with one attached hydrogen (secondary N) is 1. The molecule has 0 aromatic carbocycles. The van der Waals surface area contributed by atoms with Crippen LogP contribution in [0.3, 0.4) is 0 Å². The number of carbonyl (C=O) groups is 2. The maximum atomic E-state index is 12.3. The third-order valence-corrected chi connectivity index (χ3v) is 3.90. The molecule has 0 spiro atoms. The van der Waals surface area contributed by atoms with E-state index in [1.807, 2.05) is 0 Å². The molecule has 7 heteroatoms. The molecule has 2 atom stereocenters. The van der Waals surface area contributed by atoms with Crippen LogP contribution >= 0.6 is 0 Å². The maximum absolute atomic E-state index is 12.3. The highest BCUT2D eigenvalue weighted by atomic mass is 16.3. The summed E-state index contributed by atoms with van der Waals surface area (Å²) in [7, 11) is 0. The van der Waals surface area contributed by atoms with E-state index in [0.717, 1.165) is 0 Å². The van der Waals surface area contributed by atoms with Gasteiger partial charge in [-0.2, -0.15) is 0 Å². The Morgan fingerprint density at radius 2 is 2.13 bits per heavy atom. The lowest BCUT2D eigenvalue weighted by Gasteiger charge is -2.18. The van der Waals surface area contributed by atoms with Gasteiger partial charge in [-0.1, -0.05) is 0 Å². The van der Waals surface area contributed by atoms with Crippen molar-refractivity contribution in [3.63, 3.8) is 0 Å². The molecular weight excluding hydrogens is 300 g/mol. The summed E-state index contributed by atoms with van der Waals surface area (Å²) in [6.07, 6.45) is 3.19. The average Bonchev–Trinajstić information content (AvgIpc) is 3.28. The Morgan fingerprint density at radius 1 is 1.35 bits per heavy atom. The van der Waals surface area contributed by atoms with Crippen LogP contribution < -0.4 is 5.32 Å². The van der Waals surface area contributed by atoms with Crippen LogP contribution in [0.15, 0.2) is 45.6 Å². The first-order chi connectivity index (χ1) is 11.2. The monoisotopic (exact) mass is 318 g/mol. The lowest BCUT2D eigenvalue weighted by atomic mass is 10.1. The molecule has 1 saturated heterocycles. The SMILES string of the molecule is O=C(NC(CO)c1ccco1)C1CC(=O)N(Cc2ccco2)C1. The fourth-order valence-electron chi connectivity index (χ4n) is 2.68. The summed E-state index contributed by atoms with van der Waals surface area (Å²) in [5, 5.41) is 12.1. The van der Waals surface area contributed by atoms with Crippen LogP contribution in [-0.2, 0) is 16.1 Å². The smallest absolute Gasteiger partial charge is 0.226 e. The Hall–Kier alpha value is -2.54. The molecule has 2 aromatic heterocycles. The third kappa shape index (κ3) is 3.45. The van der Waals surface area contributed by atoms with Crippen molar-refractivity contribution >= 4 is 11.8 Å². The van der Waals surface area contributed by atoms with E-state index < -0.39 is 12.0 Å². The van der Waals surface area contributed by atoms with E-state index in [0.29, 0.717) is 24.6 Å². The number of nitrogens with zero attached hydrogens (tertiary/aromatic N) is 1. The first-order valence-corrected chi connectivity index (χ1v) is 7.42. The summed E-state index contributed by atoms with van der Waals surface area (Å²) >= 11 is 0. The molecule has 1 aliphatic heterocycles. The number of amides is 2. The van der Waals surface area contributed by atoms with Gasteiger partial charge in [0.25, 0.3) is 0 Å². The molecule has 1 fully saturated rings. The highest BCUT2D eigenvalue weighted by molar-refractivity contribution is 5.89. The van der Waals surface area contributed by atoms with Gasteiger partial charge in [0, 0.05) is 13.0 Å². The molecule has 3 rings (SSSR count). The second kappa shape index (κ2) is 6.70. The number of rotatable bonds is 6. The van der Waals surface area contributed by atoms with Gasteiger partial charge in [0.2, 0.25) is 11.8 Å². The van der Waals surface area contributed by atoms with Crippen molar-refractivity contribution in [2.75, 3.05) is 13.2 Å². The molecule has 23 heavy (non-hydrogen) atoms. The van der Waals surface area contributed by atoms with Crippen LogP contribution in [0.2, 0.25) is 0 Å². The molecule has 1 aliphatic rings. The van der Waals surface area contributed by atoms with Crippen LogP contribution in [0, 0.1) is 5.92 Å². The molecule has 122 valence electrons. The molecule has 0 saturated carbocycles. The summed E-state index contributed by atoms with van der Waals surface area (Å²) in [4.78, 5) is 26.0. The second-order valence-corrected chi connectivity index (χ2v) is 5.51. The Bertz CT molecular complexity index is 650. The molecule has 2 N–H and O–H groups in total. The van der Waals surface area contributed by atoms with Crippen LogP contribution in [0.1, 0.15) is 24.0 Å². The predicted molar refractivity (Wildman–Crippen MR) is 78.9 cm³/mol. The Kier molecular flexibility index (Phi) is 4.47. The summed E-state index contributed by atoms with van der Waals surface area (Å²) < 4.78 is 10.4. The van der Waals surface area contributed by atoms with Gasteiger partial charge in [0.05, 0.1) is 31.6 Å². The van der Waals surface area contributed by atoms with Crippen LogP contribution in [-0.4, -0.2) is 35.0 Å². The summed E-state index contributed by atoms with van der Waals surface area (Å²) in [5.41, 5.74) is 0. The van der Waals surface area contributed by atoms with Crippen LogP contribution in [0.4, 0.5) is 0 Å². The fraction of sp³-hybridized carbons (Fsp3) is 0.375. The predicted octanol–water partition coefficient (Wildman–Crippen LogP) is 1.07. The number of furan rings is 2. The lowest BCUT2D eigenvalue weighted by molar-refractivity contribution is -0.129. The minimum atomic E-state index is -0.605. The highest BCUT2D eigenvalue weighted by Crippen LogP contribution is 2.22. The summed E-state index contributed by atoms with van der Waals surface area (Å²) in [6.45, 7) is 0.426. The van der Waals surface area contributed by atoms with Gasteiger partial charge in [-0.05, 0) is 24.3 Å². The normalized spacial score (nSPS) is 19.1. The zero-order chi connectivity index (χ0) is 16.2. The van der Waals surface area contributed by atoms with Crippen LogP contribution in [0.25, 0.3) is 0 Å². The molecular formula is C16H18N2O5. The van der Waals surface area contributed by atoms with E-state index >= 15 is 0 Å². The molecule has 2 aromatic rings. The number of likely N-dealkylation sites (tertiary alicyclic amines) is 1. The van der Waals surface area contributed by atoms with Gasteiger partial charge in [0.15, 0.2) is 0 Å². The number of hydrogen-bond donors (Lipinski definition) is 2. The van der Waals surface area contributed by atoms with E-state index in [2.05, 4.69) is 5.32 Å². The quantitative estimate of drug-likeness (QED) is 0.830. The van der Waals surface area contributed by atoms with Gasteiger partial charge in [-0.3, -0.25) is 9.59 Å². The number of carbonyl (C=O) groups excluding carboxylic acids is 2. The second-order valence-electron chi connectivity index (χ2n) is 5.51. The topological polar surface area (TPSA) is 95.9 Å².